The Hall–Kier alpha value is -1.15. The molecule has 0 N–H and O–H groups in total. The van der Waals surface area contributed by atoms with Gasteiger partial charge in [-0.2, -0.15) is 0 Å². The third kappa shape index (κ3) is 5.09. The summed E-state index contributed by atoms with van der Waals surface area (Å²) in [6.07, 6.45) is 6.98. The fourth-order valence-corrected chi connectivity index (χ4v) is 2.63. The largest absolute Gasteiger partial charge is 0.254 e. The van der Waals surface area contributed by atoms with Crippen molar-refractivity contribution in [3.8, 4) is 0 Å². The minimum Gasteiger partial charge on any atom is -0.254 e. The fourth-order valence-electron chi connectivity index (χ4n) is 1.85. The summed E-state index contributed by atoms with van der Waals surface area (Å²) in [4.78, 5) is 0.910. The Balaban J connectivity index is 0.00000172. The molecule has 2 atom stereocenters. The van der Waals surface area contributed by atoms with Crippen molar-refractivity contribution in [3.63, 3.8) is 0 Å². The highest BCUT2D eigenvalue weighted by Crippen LogP contribution is 2.29. The lowest BCUT2D eigenvalue weighted by atomic mass is 9.80. The van der Waals surface area contributed by atoms with Crippen molar-refractivity contribution in [2.24, 2.45) is 0 Å². The van der Waals surface area contributed by atoms with E-state index in [9.17, 15) is 4.21 Å². The first-order valence-corrected chi connectivity index (χ1v) is 8.68. The third-order valence-electron chi connectivity index (χ3n) is 3.37. The van der Waals surface area contributed by atoms with Crippen molar-refractivity contribution in [2.75, 3.05) is 5.75 Å². The average Bonchev–Trinajstić information content (AvgIpc) is 2.53. The predicted molar refractivity (Wildman–Crippen MR) is 91.7 cm³/mol. The maximum atomic E-state index is 11.7. The van der Waals surface area contributed by atoms with Gasteiger partial charge in [-0.15, -0.1) is 0 Å². The number of hydrogen-bond donors (Lipinski definition) is 0. The molecular weight excluding hydrogens is 264 g/mol. The quantitative estimate of drug-likeness (QED) is 0.654. The lowest BCUT2D eigenvalue weighted by Crippen LogP contribution is -2.17. The molecule has 0 aromatic heterocycles. The third-order valence-corrected chi connectivity index (χ3v) is 4.70. The van der Waals surface area contributed by atoms with Crippen LogP contribution < -0.4 is 0 Å². The Morgan fingerprint density at radius 2 is 1.75 bits per heavy atom. The van der Waals surface area contributed by atoms with E-state index in [0.29, 0.717) is 5.75 Å². The normalized spacial score (nSPS) is 15.1. The number of hydrogen-bond acceptors (Lipinski definition) is 1. The van der Waals surface area contributed by atoms with E-state index in [-0.39, 0.29) is 5.41 Å². The minimum absolute atomic E-state index is 0.0143. The van der Waals surface area contributed by atoms with E-state index in [1.165, 1.54) is 5.56 Å². The lowest BCUT2D eigenvalue weighted by Gasteiger charge is -2.25. The molecule has 1 aromatic rings. The zero-order valence-electron chi connectivity index (χ0n) is 13.5. The predicted octanol–water partition coefficient (Wildman–Crippen LogP) is 5.25. The summed E-state index contributed by atoms with van der Waals surface area (Å²) in [5.74, 6) is 0.667. The molecule has 1 rings (SSSR count). The monoisotopic (exact) mass is 292 g/mol. The van der Waals surface area contributed by atoms with E-state index in [2.05, 4.69) is 38.6 Å². The minimum atomic E-state index is -0.867. The van der Waals surface area contributed by atoms with Crippen LogP contribution in [-0.4, -0.2) is 9.96 Å². The highest BCUT2D eigenvalue weighted by Gasteiger charge is 2.20. The highest BCUT2D eigenvalue weighted by atomic mass is 32.2. The van der Waals surface area contributed by atoms with Crippen LogP contribution >= 0.6 is 0 Å². The van der Waals surface area contributed by atoms with Crippen LogP contribution in [0.3, 0.4) is 0 Å². The summed E-state index contributed by atoms with van der Waals surface area (Å²) < 4.78 is 11.7. The van der Waals surface area contributed by atoms with E-state index in [4.69, 9.17) is 0 Å². The van der Waals surface area contributed by atoms with Crippen molar-refractivity contribution in [2.45, 2.75) is 51.3 Å². The molecule has 2 heteroatoms. The van der Waals surface area contributed by atoms with E-state index in [0.717, 1.165) is 11.3 Å². The first-order valence-electron chi connectivity index (χ1n) is 7.36. The van der Waals surface area contributed by atoms with Crippen LogP contribution in [0.5, 0.6) is 0 Å². The Labute approximate surface area is 127 Å². The summed E-state index contributed by atoms with van der Waals surface area (Å²) in [7, 11) is -0.867. The SMILES string of the molecule is C=C/C=C\C(C)(CC)c1ccc(S(=O)CC)cc1.CC. The molecule has 1 nitrogen and oxygen atoms in total. The van der Waals surface area contributed by atoms with Crippen molar-refractivity contribution in [1.82, 2.24) is 0 Å². The van der Waals surface area contributed by atoms with Crippen LogP contribution in [0.15, 0.2) is 54.0 Å². The molecule has 0 heterocycles. The van der Waals surface area contributed by atoms with Gasteiger partial charge in [-0.1, -0.05) is 71.6 Å². The lowest BCUT2D eigenvalue weighted by molar-refractivity contribution is 0.572. The van der Waals surface area contributed by atoms with Crippen molar-refractivity contribution in [3.05, 3.63) is 54.6 Å². The molecule has 0 spiro atoms. The maximum Gasteiger partial charge on any atom is 0.0526 e. The van der Waals surface area contributed by atoms with Crippen molar-refractivity contribution >= 4 is 10.8 Å². The Morgan fingerprint density at radius 1 is 1.20 bits per heavy atom. The van der Waals surface area contributed by atoms with Gasteiger partial charge in [0, 0.05) is 16.1 Å². The van der Waals surface area contributed by atoms with Gasteiger partial charge in [-0.25, -0.2) is 0 Å². The van der Waals surface area contributed by atoms with Gasteiger partial charge in [0.15, 0.2) is 0 Å². The summed E-state index contributed by atoms with van der Waals surface area (Å²) in [5.41, 5.74) is 1.26. The van der Waals surface area contributed by atoms with Gasteiger partial charge in [0.1, 0.15) is 0 Å². The molecule has 112 valence electrons. The smallest absolute Gasteiger partial charge is 0.0526 e. The summed E-state index contributed by atoms with van der Waals surface area (Å²) in [5, 5.41) is 0. The fraction of sp³-hybridized carbons (Fsp3) is 0.444. The molecule has 0 aliphatic carbocycles. The van der Waals surface area contributed by atoms with Gasteiger partial charge in [0.2, 0.25) is 0 Å². The molecule has 20 heavy (non-hydrogen) atoms. The zero-order chi connectivity index (χ0) is 15.6. The van der Waals surface area contributed by atoms with Gasteiger partial charge < -0.3 is 0 Å². The average molecular weight is 292 g/mol. The molecule has 0 saturated carbocycles. The van der Waals surface area contributed by atoms with Crippen LogP contribution in [-0.2, 0) is 16.2 Å². The second-order valence-electron chi connectivity index (χ2n) is 4.52. The van der Waals surface area contributed by atoms with Crippen molar-refractivity contribution in [1.29, 1.82) is 0 Å². The molecule has 0 aliphatic heterocycles. The van der Waals surface area contributed by atoms with Gasteiger partial charge in [-0.3, -0.25) is 4.21 Å². The van der Waals surface area contributed by atoms with Crippen LogP contribution in [0.2, 0.25) is 0 Å². The van der Waals surface area contributed by atoms with E-state index < -0.39 is 10.8 Å². The van der Waals surface area contributed by atoms with Gasteiger partial charge in [0.05, 0.1) is 10.8 Å². The Morgan fingerprint density at radius 3 is 2.15 bits per heavy atom. The van der Waals surface area contributed by atoms with Crippen LogP contribution in [0.4, 0.5) is 0 Å². The molecule has 0 aliphatic rings. The number of benzene rings is 1. The first-order chi connectivity index (χ1) is 9.57. The van der Waals surface area contributed by atoms with Gasteiger partial charge >= 0.3 is 0 Å². The Bertz CT molecular complexity index is 445. The molecule has 0 bridgehead atoms. The van der Waals surface area contributed by atoms with Crippen molar-refractivity contribution < 1.29 is 4.21 Å². The van der Waals surface area contributed by atoms with Crippen LogP contribution in [0, 0.1) is 0 Å². The second-order valence-corrected chi connectivity index (χ2v) is 6.26. The summed E-state index contributed by atoms with van der Waals surface area (Å²) in [6, 6.07) is 8.12. The molecular formula is C18H28OS. The zero-order valence-corrected chi connectivity index (χ0v) is 14.3. The molecule has 2 unspecified atom stereocenters. The summed E-state index contributed by atoms with van der Waals surface area (Å²) >= 11 is 0. The summed E-state index contributed by atoms with van der Waals surface area (Å²) in [6.45, 7) is 14.0. The topological polar surface area (TPSA) is 17.1 Å². The molecule has 0 saturated heterocycles. The highest BCUT2D eigenvalue weighted by molar-refractivity contribution is 7.85. The molecule has 0 radical (unpaired) electrons. The molecule has 1 aromatic carbocycles. The van der Waals surface area contributed by atoms with Crippen LogP contribution in [0.1, 0.15) is 46.6 Å². The molecule has 0 amide bonds. The van der Waals surface area contributed by atoms with E-state index >= 15 is 0 Å². The second kappa shape index (κ2) is 9.71. The van der Waals surface area contributed by atoms with Crippen LogP contribution in [0.25, 0.3) is 0 Å². The standard InChI is InChI=1S/C16H22OS.C2H6/c1-5-8-13-16(4,6-2)14-9-11-15(12-10-14)18(17)7-3;1-2/h5,8-13H,1,6-7H2,2-4H3;1-2H3/b13-8-;. The van der Waals surface area contributed by atoms with Gasteiger partial charge in [0.25, 0.3) is 0 Å². The Kier molecular flexibility index (Phi) is 9.15. The van der Waals surface area contributed by atoms with E-state index in [1.807, 2.05) is 39.0 Å². The maximum absolute atomic E-state index is 11.7. The van der Waals surface area contributed by atoms with E-state index in [1.54, 1.807) is 6.08 Å². The number of rotatable bonds is 6. The first kappa shape index (κ1) is 18.9. The molecule has 0 fully saturated rings. The number of allylic oxidation sites excluding steroid dienone is 3. The van der Waals surface area contributed by atoms with Gasteiger partial charge in [-0.05, 0) is 24.1 Å².